The lowest BCUT2D eigenvalue weighted by atomic mass is 10.1. The molecule has 1 aliphatic heterocycles. The molecule has 1 unspecified atom stereocenters. The molecule has 5 heteroatoms. The quantitative estimate of drug-likeness (QED) is 0.909. The van der Waals surface area contributed by atoms with Crippen LogP contribution in [0.15, 0.2) is 18.2 Å². The zero-order valence-electron chi connectivity index (χ0n) is 10.5. The molecule has 1 saturated heterocycles. The highest BCUT2D eigenvalue weighted by Gasteiger charge is 2.22. The van der Waals surface area contributed by atoms with Gasteiger partial charge in [-0.15, -0.1) is 12.4 Å². The Hall–Kier alpha value is -0.710. The van der Waals surface area contributed by atoms with E-state index < -0.39 is 11.6 Å². The van der Waals surface area contributed by atoms with Crippen molar-refractivity contribution in [3.05, 3.63) is 35.4 Å². The van der Waals surface area contributed by atoms with Crippen LogP contribution in [0.4, 0.5) is 8.78 Å². The van der Waals surface area contributed by atoms with Crippen molar-refractivity contribution < 1.29 is 8.78 Å². The maximum absolute atomic E-state index is 13.5. The molecule has 1 fully saturated rings. The van der Waals surface area contributed by atoms with Crippen molar-refractivity contribution in [3.8, 4) is 0 Å². The predicted molar refractivity (Wildman–Crippen MR) is 70.9 cm³/mol. The number of rotatable bonds is 4. The van der Waals surface area contributed by atoms with Crippen LogP contribution >= 0.6 is 12.4 Å². The van der Waals surface area contributed by atoms with E-state index in [2.05, 4.69) is 10.2 Å². The number of benzene rings is 1. The van der Waals surface area contributed by atoms with Gasteiger partial charge in [-0.05, 0) is 38.5 Å². The summed E-state index contributed by atoms with van der Waals surface area (Å²) in [6.45, 7) is 3.55. The van der Waals surface area contributed by atoms with Crippen molar-refractivity contribution in [1.29, 1.82) is 0 Å². The van der Waals surface area contributed by atoms with E-state index in [0.717, 1.165) is 32.1 Å². The summed E-state index contributed by atoms with van der Waals surface area (Å²) >= 11 is 0. The van der Waals surface area contributed by atoms with Crippen LogP contribution in [0.5, 0.6) is 0 Å². The summed E-state index contributed by atoms with van der Waals surface area (Å²) in [5, 5.41) is 3.16. The highest BCUT2D eigenvalue weighted by molar-refractivity contribution is 5.85. The molecule has 2 nitrogen and oxygen atoms in total. The molecule has 1 aromatic carbocycles. The van der Waals surface area contributed by atoms with Gasteiger partial charge in [0.25, 0.3) is 0 Å². The standard InChI is InChI=1S/C13H18F2N2.ClH/c1-16-7-10-4-5-17(8-10)9-11-2-3-12(14)6-13(11)15;/h2-3,6,10,16H,4-5,7-9H2,1H3;1H. The molecule has 0 spiro atoms. The Bertz CT molecular complexity index is 387. The van der Waals surface area contributed by atoms with Crippen molar-refractivity contribution >= 4 is 12.4 Å². The molecule has 18 heavy (non-hydrogen) atoms. The summed E-state index contributed by atoms with van der Waals surface area (Å²) in [6.07, 6.45) is 1.14. The van der Waals surface area contributed by atoms with Gasteiger partial charge < -0.3 is 5.32 Å². The van der Waals surface area contributed by atoms with Crippen molar-refractivity contribution in [2.75, 3.05) is 26.7 Å². The first-order valence-electron chi connectivity index (χ1n) is 6.00. The van der Waals surface area contributed by atoms with Gasteiger partial charge in [0.05, 0.1) is 0 Å². The number of hydrogen-bond donors (Lipinski definition) is 1. The lowest BCUT2D eigenvalue weighted by Gasteiger charge is -2.16. The van der Waals surface area contributed by atoms with Gasteiger partial charge in [-0.1, -0.05) is 6.07 Å². The Labute approximate surface area is 113 Å². The maximum Gasteiger partial charge on any atom is 0.130 e. The highest BCUT2D eigenvalue weighted by atomic mass is 35.5. The minimum absolute atomic E-state index is 0. The van der Waals surface area contributed by atoms with Gasteiger partial charge in [-0.2, -0.15) is 0 Å². The molecule has 1 heterocycles. The summed E-state index contributed by atoms with van der Waals surface area (Å²) in [5.74, 6) is -0.314. The molecular weight excluding hydrogens is 258 g/mol. The van der Waals surface area contributed by atoms with Crippen molar-refractivity contribution in [1.82, 2.24) is 10.2 Å². The van der Waals surface area contributed by atoms with Crippen LogP contribution in [0.1, 0.15) is 12.0 Å². The summed E-state index contributed by atoms with van der Waals surface area (Å²) in [6, 6.07) is 3.81. The first kappa shape index (κ1) is 15.3. The van der Waals surface area contributed by atoms with Crippen LogP contribution in [-0.4, -0.2) is 31.6 Å². The molecule has 0 aliphatic carbocycles. The van der Waals surface area contributed by atoms with Gasteiger partial charge in [-0.25, -0.2) is 8.78 Å². The Morgan fingerprint density at radius 3 is 2.83 bits per heavy atom. The number of nitrogens with one attached hydrogen (secondary N) is 1. The van der Waals surface area contributed by atoms with Crippen LogP contribution in [0.3, 0.4) is 0 Å². The minimum atomic E-state index is -0.513. The fourth-order valence-electron chi connectivity index (χ4n) is 2.40. The Kier molecular flexibility index (Phi) is 5.99. The largest absolute Gasteiger partial charge is 0.319 e. The normalized spacial score (nSPS) is 19.8. The minimum Gasteiger partial charge on any atom is -0.319 e. The molecule has 102 valence electrons. The molecule has 0 amide bonds. The van der Waals surface area contributed by atoms with Crippen molar-refractivity contribution in [3.63, 3.8) is 0 Å². The topological polar surface area (TPSA) is 15.3 Å². The van der Waals surface area contributed by atoms with E-state index in [9.17, 15) is 8.78 Å². The van der Waals surface area contributed by atoms with E-state index in [1.807, 2.05) is 7.05 Å². The van der Waals surface area contributed by atoms with Crippen LogP contribution in [0.2, 0.25) is 0 Å². The number of likely N-dealkylation sites (tertiary alicyclic amines) is 1. The molecule has 1 atom stereocenters. The maximum atomic E-state index is 13.5. The van der Waals surface area contributed by atoms with Gasteiger partial charge >= 0.3 is 0 Å². The first-order chi connectivity index (χ1) is 8.19. The van der Waals surface area contributed by atoms with E-state index in [1.165, 1.54) is 12.1 Å². The zero-order valence-corrected chi connectivity index (χ0v) is 11.3. The van der Waals surface area contributed by atoms with Crippen molar-refractivity contribution in [2.45, 2.75) is 13.0 Å². The molecule has 0 saturated carbocycles. The molecule has 1 aliphatic rings. The lowest BCUT2D eigenvalue weighted by Crippen LogP contribution is -2.24. The highest BCUT2D eigenvalue weighted by Crippen LogP contribution is 2.19. The fourth-order valence-corrected chi connectivity index (χ4v) is 2.40. The number of hydrogen-bond acceptors (Lipinski definition) is 2. The molecule has 0 bridgehead atoms. The number of halogens is 3. The van der Waals surface area contributed by atoms with Gasteiger partial charge in [-0.3, -0.25) is 4.90 Å². The Morgan fingerprint density at radius 1 is 1.39 bits per heavy atom. The third-order valence-corrected chi connectivity index (χ3v) is 3.27. The molecule has 0 aromatic heterocycles. The van der Waals surface area contributed by atoms with Gasteiger partial charge in [0, 0.05) is 24.7 Å². The third-order valence-electron chi connectivity index (χ3n) is 3.27. The second kappa shape index (κ2) is 7.02. The average Bonchev–Trinajstić information content (AvgIpc) is 2.71. The summed E-state index contributed by atoms with van der Waals surface area (Å²) in [7, 11) is 1.95. The SMILES string of the molecule is CNCC1CCN(Cc2ccc(F)cc2F)C1.Cl. The number of nitrogens with zero attached hydrogens (tertiary/aromatic N) is 1. The molecule has 0 radical (unpaired) electrons. The van der Waals surface area contributed by atoms with Crippen LogP contribution in [0, 0.1) is 17.6 Å². The molecule has 1 N–H and O–H groups in total. The lowest BCUT2D eigenvalue weighted by molar-refractivity contribution is 0.310. The Balaban J connectivity index is 0.00000162. The summed E-state index contributed by atoms with van der Waals surface area (Å²) < 4.78 is 26.2. The van der Waals surface area contributed by atoms with E-state index in [0.29, 0.717) is 18.0 Å². The molecular formula is C13H19ClF2N2. The fraction of sp³-hybridized carbons (Fsp3) is 0.538. The van der Waals surface area contributed by atoms with E-state index in [1.54, 1.807) is 0 Å². The predicted octanol–water partition coefficient (Wildman–Crippen LogP) is 2.43. The van der Waals surface area contributed by atoms with Crippen LogP contribution in [-0.2, 0) is 6.54 Å². The Morgan fingerprint density at radius 2 is 2.17 bits per heavy atom. The van der Waals surface area contributed by atoms with E-state index in [4.69, 9.17) is 0 Å². The zero-order chi connectivity index (χ0) is 12.3. The van der Waals surface area contributed by atoms with Gasteiger partial charge in [0.15, 0.2) is 0 Å². The smallest absolute Gasteiger partial charge is 0.130 e. The van der Waals surface area contributed by atoms with Gasteiger partial charge in [0.1, 0.15) is 11.6 Å². The van der Waals surface area contributed by atoms with Crippen LogP contribution < -0.4 is 5.32 Å². The van der Waals surface area contributed by atoms with E-state index >= 15 is 0 Å². The first-order valence-corrected chi connectivity index (χ1v) is 6.00. The third kappa shape index (κ3) is 3.90. The average molecular weight is 277 g/mol. The summed E-state index contributed by atoms with van der Waals surface area (Å²) in [5.41, 5.74) is 0.580. The molecule has 1 aromatic rings. The van der Waals surface area contributed by atoms with Gasteiger partial charge in [0.2, 0.25) is 0 Å². The second-order valence-corrected chi connectivity index (χ2v) is 4.68. The summed E-state index contributed by atoms with van der Waals surface area (Å²) in [4.78, 5) is 2.22. The monoisotopic (exact) mass is 276 g/mol. The second-order valence-electron chi connectivity index (χ2n) is 4.68. The van der Waals surface area contributed by atoms with E-state index in [-0.39, 0.29) is 12.4 Å². The molecule has 2 rings (SSSR count). The van der Waals surface area contributed by atoms with Crippen molar-refractivity contribution in [2.24, 2.45) is 5.92 Å². The van der Waals surface area contributed by atoms with Crippen LogP contribution in [0.25, 0.3) is 0 Å².